The molecule has 3 nitrogen and oxygen atoms in total. The summed E-state index contributed by atoms with van der Waals surface area (Å²) in [6.07, 6.45) is 4.81. The van der Waals surface area contributed by atoms with Gasteiger partial charge in [0.25, 0.3) is 0 Å². The molecule has 1 amide bonds. The highest BCUT2D eigenvalue weighted by atomic mass is 16.2. The Morgan fingerprint density at radius 2 is 1.72 bits per heavy atom. The van der Waals surface area contributed by atoms with Gasteiger partial charge in [-0.15, -0.1) is 0 Å². The summed E-state index contributed by atoms with van der Waals surface area (Å²) < 4.78 is 0. The highest BCUT2D eigenvalue weighted by molar-refractivity contribution is 5.85. The molecule has 3 heteroatoms. The van der Waals surface area contributed by atoms with Gasteiger partial charge in [0.1, 0.15) is 0 Å². The smallest absolute Gasteiger partial charge is 0.242 e. The predicted octanol–water partition coefficient (Wildman–Crippen LogP) is 3.06. The maximum absolute atomic E-state index is 12.2. The van der Waals surface area contributed by atoms with Gasteiger partial charge >= 0.3 is 0 Å². The van der Waals surface area contributed by atoms with Crippen LogP contribution in [0.2, 0.25) is 0 Å². The molecule has 0 saturated carbocycles. The molecule has 0 bridgehead atoms. The van der Waals surface area contributed by atoms with E-state index in [1.54, 1.807) is 0 Å². The number of hydrogen-bond donors (Lipinski definition) is 0. The molecule has 2 aliphatic heterocycles. The molecule has 104 valence electrons. The molecule has 4 atom stereocenters. The number of rotatable bonds is 4. The van der Waals surface area contributed by atoms with E-state index in [0.29, 0.717) is 24.0 Å². The summed E-state index contributed by atoms with van der Waals surface area (Å²) in [7, 11) is 0. The average molecular weight is 252 g/mol. The molecule has 2 rings (SSSR count). The second-order valence-corrected chi connectivity index (χ2v) is 6.67. The largest absolute Gasteiger partial charge is 0.273 e. The van der Waals surface area contributed by atoms with Crippen LogP contribution < -0.4 is 0 Å². The molecule has 0 radical (unpaired) electrons. The first kappa shape index (κ1) is 13.9. The molecule has 0 aromatic heterocycles. The van der Waals surface area contributed by atoms with E-state index in [2.05, 4.69) is 44.6 Å². The molecule has 0 aromatic rings. The van der Waals surface area contributed by atoms with Gasteiger partial charge in [-0.1, -0.05) is 20.8 Å². The monoisotopic (exact) mass is 252 g/mol. The van der Waals surface area contributed by atoms with E-state index in [1.165, 1.54) is 19.3 Å². The average Bonchev–Trinajstić information content (AvgIpc) is 2.63. The number of nitrogens with zero attached hydrogens (tertiary/aromatic N) is 2. The summed E-state index contributed by atoms with van der Waals surface area (Å²) in [6.45, 7) is 11.1. The Bertz CT molecular complexity index is 306. The third-order valence-corrected chi connectivity index (χ3v) is 4.70. The number of hydrogen-bond acceptors (Lipinski definition) is 2. The molecule has 0 aliphatic carbocycles. The van der Waals surface area contributed by atoms with Crippen LogP contribution >= 0.6 is 0 Å². The molecule has 2 saturated heterocycles. The van der Waals surface area contributed by atoms with Gasteiger partial charge in [-0.05, 0) is 45.4 Å². The molecule has 0 unspecified atom stereocenters. The number of carbonyl (C=O) groups excluding carboxylic acids is 1. The van der Waals surface area contributed by atoms with Crippen LogP contribution in [0.25, 0.3) is 0 Å². The maximum Gasteiger partial charge on any atom is 0.242 e. The lowest BCUT2D eigenvalue weighted by molar-refractivity contribution is -0.198. The molecule has 0 aromatic carbocycles. The van der Waals surface area contributed by atoms with Crippen molar-refractivity contribution in [2.24, 2.45) is 11.8 Å². The first-order valence-electron chi connectivity index (χ1n) is 7.54. The summed E-state index contributed by atoms with van der Waals surface area (Å²) >= 11 is 0. The summed E-state index contributed by atoms with van der Waals surface area (Å²) in [5.41, 5.74) is 0. The zero-order valence-electron chi connectivity index (χ0n) is 12.5. The van der Waals surface area contributed by atoms with Crippen molar-refractivity contribution in [1.29, 1.82) is 0 Å². The summed E-state index contributed by atoms with van der Waals surface area (Å²) in [6, 6.07) is 1.50. The third-order valence-electron chi connectivity index (χ3n) is 4.70. The molecule has 18 heavy (non-hydrogen) atoms. The van der Waals surface area contributed by atoms with Crippen molar-refractivity contribution in [3.8, 4) is 0 Å². The minimum Gasteiger partial charge on any atom is -0.273 e. The first-order valence-corrected chi connectivity index (χ1v) is 7.54. The van der Waals surface area contributed by atoms with Crippen LogP contribution in [0.4, 0.5) is 0 Å². The third kappa shape index (κ3) is 2.29. The normalized spacial score (nSPS) is 37.4. The SMILES string of the molecule is CC(C)CC[C@H]1[C@@H](C)C(=O)N1N1[C@H](C)CC[C@H]1C. The van der Waals surface area contributed by atoms with Gasteiger partial charge in [-0.25, -0.2) is 5.01 Å². The van der Waals surface area contributed by atoms with Crippen LogP contribution in [0.3, 0.4) is 0 Å². The molecular formula is C15H28N2O. The second kappa shape index (κ2) is 5.20. The number of hydrazine groups is 1. The van der Waals surface area contributed by atoms with Crippen LogP contribution in [0.15, 0.2) is 0 Å². The van der Waals surface area contributed by atoms with Crippen molar-refractivity contribution in [3.63, 3.8) is 0 Å². The fourth-order valence-electron chi connectivity index (χ4n) is 3.43. The van der Waals surface area contributed by atoms with Gasteiger partial charge in [-0.3, -0.25) is 9.80 Å². The molecular weight excluding hydrogens is 224 g/mol. The quantitative estimate of drug-likeness (QED) is 0.718. The standard InChI is InChI=1S/C15H28N2O/c1-10(2)6-9-14-13(5)15(18)17(14)16-11(3)7-8-12(16)4/h10-14H,6-9H2,1-5H3/t11-,12-,13-,14+/m1/s1. The van der Waals surface area contributed by atoms with Crippen molar-refractivity contribution in [3.05, 3.63) is 0 Å². The van der Waals surface area contributed by atoms with E-state index < -0.39 is 0 Å². The van der Waals surface area contributed by atoms with Gasteiger partial charge in [-0.2, -0.15) is 0 Å². The number of amides is 1. The van der Waals surface area contributed by atoms with E-state index in [1.807, 2.05) is 0 Å². The lowest BCUT2D eigenvalue weighted by atomic mass is 9.85. The minimum absolute atomic E-state index is 0.226. The topological polar surface area (TPSA) is 23.6 Å². The van der Waals surface area contributed by atoms with Crippen LogP contribution in [-0.2, 0) is 4.79 Å². The lowest BCUT2D eigenvalue weighted by Crippen LogP contribution is -2.68. The Labute approximate surface area is 111 Å². The summed E-state index contributed by atoms with van der Waals surface area (Å²) in [5.74, 6) is 1.29. The van der Waals surface area contributed by atoms with E-state index in [0.717, 1.165) is 12.3 Å². The Morgan fingerprint density at radius 3 is 2.22 bits per heavy atom. The number of β-lactam (4-membered cyclic amide) rings is 1. The fourth-order valence-corrected chi connectivity index (χ4v) is 3.43. The van der Waals surface area contributed by atoms with Gasteiger partial charge in [0.2, 0.25) is 5.91 Å². The molecule has 2 aliphatic rings. The Balaban J connectivity index is 2.03. The molecule has 2 fully saturated rings. The van der Waals surface area contributed by atoms with Crippen LogP contribution in [0.5, 0.6) is 0 Å². The Morgan fingerprint density at radius 1 is 1.17 bits per heavy atom. The molecule has 0 spiro atoms. The highest BCUT2D eigenvalue weighted by Crippen LogP contribution is 2.37. The molecule has 0 N–H and O–H groups in total. The van der Waals surface area contributed by atoms with Crippen molar-refractivity contribution in [2.75, 3.05) is 0 Å². The van der Waals surface area contributed by atoms with Crippen molar-refractivity contribution in [2.45, 2.75) is 78.4 Å². The van der Waals surface area contributed by atoms with E-state index >= 15 is 0 Å². The van der Waals surface area contributed by atoms with Gasteiger partial charge in [0, 0.05) is 12.1 Å². The Hall–Kier alpha value is -0.570. The van der Waals surface area contributed by atoms with E-state index in [9.17, 15) is 4.79 Å². The first-order chi connectivity index (χ1) is 8.43. The van der Waals surface area contributed by atoms with Crippen LogP contribution in [-0.4, -0.2) is 34.1 Å². The maximum atomic E-state index is 12.2. The molecule has 2 heterocycles. The van der Waals surface area contributed by atoms with Gasteiger partial charge in [0.15, 0.2) is 0 Å². The number of carbonyl (C=O) groups is 1. The zero-order valence-corrected chi connectivity index (χ0v) is 12.5. The van der Waals surface area contributed by atoms with Crippen molar-refractivity contribution in [1.82, 2.24) is 10.0 Å². The van der Waals surface area contributed by atoms with E-state index in [-0.39, 0.29) is 5.92 Å². The summed E-state index contributed by atoms with van der Waals surface area (Å²) in [4.78, 5) is 12.2. The van der Waals surface area contributed by atoms with Crippen molar-refractivity contribution >= 4 is 5.91 Å². The minimum atomic E-state index is 0.226. The summed E-state index contributed by atoms with van der Waals surface area (Å²) in [5, 5.41) is 4.45. The predicted molar refractivity (Wildman–Crippen MR) is 73.9 cm³/mol. The zero-order chi connectivity index (χ0) is 13.4. The fraction of sp³-hybridized carbons (Fsp3) is 0.933. The van der Waals surface area contributed by atoms with Crippen LogP contribution in [0.1, 0.15) is 60.3 Å². The van der Waals surface area contributed by atoms with Crippen LogP contribution in [0, 0.1) is 11.8 Å². The highest BCUT2D eigenvalue weighted by Gasteiger charge is 2.50. The van der Waals surface area contributed by atoms with Crippen molar-refractivity contribution < 1.29 is 4.79 Å². The lowest BCUT2D eigenvalue weighted by Gasteiger charge is -2.53. The second-order valence-electron chi connectivity index (χ2n) is 6.67. The van der Waals surface area contributed by atoms with Gasteiger partial charge in [0.05, 0.1) is 12.0 Å². The van der Waals surface area contributed by atoms with Gasteiger partial charge < -0.3 is 0 Å². The Kier molecular flexibility index (Phi) is 4.00. The van der Waals surface area contributed by atoms with E-state index in [4.69, 9.17) is 0 Å².